The van der Waals surface area contributed by atoms with E-state index in [-0.39, 0.29) is 5.97 Å². The lowest BCUT2D eigenvalue weighted by Crippen LogP contribution is -2.01. The van der Waals surface area contributed by atoms with Gasteiger partial charge in [-0.05, 0) is 49.9 Å². The summed E-state index contributed by atoms with van der Waals surface area (Å²) in [6.07, 6.45) is 0. The Kier molecular flexibility index (Phi) is 3.86. The van der Waals surface area contributed by atoms with E-state index in [0.717, 1.165) is 10.4 Å². The molecule has 0 radical (unpaired) electrons. The highest BCUT2D eigenvalue weighted by molar-refractivity contribution is 7.18. The van der Waals surface area contributed by atoms with E-state index < -0.39 is 0 Å². The average Bonchev–Trinajstić information content (AvgIpc) is 2.65. The second kappa shape index (κ2) is 5.29. The third-order valence-corrected chi connectivity index (χ3v) is 4.77. The van der Waals surface area contributed by atoms with Crippen molar-refractivity contribution in [1.29, 1.82) is 0 Å². The predicted molar refractivity (Wildman–Crippen MR) is 84.5 cm³/mol. The van der Waals surface area contributed by atoms with Crippen molar-refractivity contribution in [3.63, 3.8) is 0 Å². The fraction of sp³-hybridized carbons (Fsp3) is 0.312. The molecule has 4 heteroatoms. The summed E-state index contributed by atoms with van der Waals surface area (Å²) >= 11 is 1.41. The van der Waals surface area contributed by atoms with Gasteiger partial charge in [0.25, 0.3) is 0 Å². The Morgan fingerprint density at radius 2 is 1.70 bits per heavy atom. The number of nitrogens with two attached hydrogens (primary N) is 1. The summed E-state index contributed by atoms with van der Waals surface area (Å²) in [5, 5.41) is 0. The van der Waals surface area contributed by atoms with Crippen LogP contribution in [0, 0.1) is 27.7 Å². The molecule has 1 aromatic heterocycles. The van der Waals surface area contributed by atoms with Gasteiger partial charge in [0.1, 0.15) is 4.88 Å². The van der Waals surface area contributed by atoms with Gasteiger partial charge < -0.3 is 10.5 Å². The molecule has 0 amide bonds. The van der Waals surface area contributed by atoms with Crippen LogP contribution in [-0.4, -0.2) is 13.1 Å². The molecule has 0 saturated carbocycles. The second-order valence-corrected chi connectivity index (χ2v) is 6.08. The Bertz CT molecular complexity index is 663. The monoisotopic (exact) mass is 289 g/mol. The normalized spacial score (nSPS) is 10.7. The Hall–Kier alpha value is -1.81. The van der Waals surface area contributed by atoms with Crippen molar-refractivity contribution in [1.82, 2.24) is 0 Å². The largest absolute Gasteiger partial charge is 0.465 e. The molecular weight excluding hydrogens is 270 g/mol. The summed E-state index contributed by atoms with van der Waals surface area (Å²) in [5.41, 5.74) is 12.3. The topological polar surface area (TPSA) is 52.3 Å². The lowest BCUT2D eigenvalue weighted by atomic mass is 9.97. The molecule has 0 bridgehead atoms. The van der Waals surface area contributed by atoms with Gasteiger partial charge in [0, 0.05) is 4.88 Å². The number of hydrogen-bond acceptors (Lipinski definition) is 4. The Morgan fingerprint density at radius 1 is 1.15 bits per heavy atom. The molecule has 2 rings (SSSR count). The number of ether oxygens (including phenoxy) is 1. The first-order chi connectivity index (χ1) is 9.36. The fourth-order valence-corrected chi connectivity index (χ4v) is 3.87. The number of methoxy groups -OCH3 is 1. The highest BCUT2D eigenvalue weighted by Crippen LogP contribution is 2.41. The number of anilines is 1. The highest BCUT2D eigenvalue weighted by atomic mass is 32.1. The van der Waals surface area contributed by atoms with Crippen LogP contribution in [0.25, 0.3) is 10.4 Å². The van der Waals surface area contributed by atoms with Crippen molar-refractivity contribution >= 4 is 23.0 Å². The first kappa shape index (κ1) is 14.6. The summed E-state index contributed by atoms with van der Waals surface area (Å²) in [4.78, 5) is 13.3. The molecule has 106 valence electrons. The van der Waals surface area contributed by atoms with Gasteiger partial charge in [-0.2, -0.15) is 0 Å². The lowest BCUT2D eigenvalue weighted by Gasteiger charge is -2.10. The predicted octanol–water partition coefficient (Wildman–Crippen LogP) is 4.02. The van der Waals surface area contributed by atoms with Crippen LogP contribution in [0.5, 0.6) is 0 Å². The molecule has 3 nitrogen and oxygen atoms in total. The number of hydrogen-bond donors (Lipinski definition) is 1. The van der Waals surface area contributed by atoms with E-state index >= 15 is 0 Å². The molecule has 1 heterocycles. The molecule has 0 aliphatic carbocycles. The van der Waals surface area contributed by atoms with Gasteiger partial charge in [0.05, 0.1) is 12.8 Å². The molecular formula is C16H19NO2S. The van der Waals surface area contributed by atoms with E-state index in [1.807, 2.05) is 6.92 Å². The van der Waals surface area contributed by atoms with Crippen LogP contribution in [0.1, 0.15) is 31.9 Å². The molecule has 20 heavy (non-hydrogen) atoms. The number of carbonyl (C=O) groups is 1. The maximum Gasteiger partial charge on any atom is 0.350 e. The smallest absolute Gasteiger partial charge is 0.350 e. The summed E-state index contributed by atoms with van der Waals surface area (Å²) in [5.74, 6) is -0.371. The van der Waals surface area contributed by atoms with Crippen LogP contribution >= 0.6 is 11.3 Å². The highest BCUT2D eigenvalue weighted by Gasteiger charge is 2.21. The van der Waals surface area contributed by atoms with E-state index in [9.17, 15) is 4.79 Å². The lowest BCUT2D eigenvalue weighted by molar-refractivity contribution is 0.0607. The first-order valence-electron chi connectivity index (χ1n) is 6.42. The number of carbonyl (C=O) groups excluding carboxylic acids is 1. The summed E-state index contributed by atoms with van der Waals surface area (Å²) < 4.78 is 4.79. The standard InChI is InChI=1S/C16H19NO2S/c1-8-6-9(2)12(10(3)7-8)14-11(4)13(17)15(20-14)16(18)19-5/h6-7H,17H2,1-5H3. The van der Waals surface area contributed by atoms with Gasteiger partial charge >= 0.3 is 5.97 Å². The van der Waals surface area contributed by atoms with Crippen LogP contribution in [0.2, 0.25) is 0 Å². The van der Waals surface area contributed by atoms with E-state index in [1.54, 1.807) is 0 Å². The minimum atomic E-state index is -0.371. The summed E-state index contributed by atoms with van der Waals surface area (Å²) in [6, 6.07) is 4.30. The quantitative estimate of drug-likeness (QED) is 0.850. The second-order valence-electron chi connectivity index (χ2n) is 5.06. The number of nitrogen functional groups attached to an aromatic ring is 1. The summed E-state index contributed by atoms with van der Waals surface area (Å²) in [7, 11) is 1.37. The molecule has 0 unspecified atom stereocenters. The molecule has 1 aromatic carbocycles. The van der Waals surface area contributed by atoms with Crippen LogP contribution in [0.3, 0.4) is 0 Å². The Morgan fingerprint density at radius 3 is 2.20 bits per heavy atom. The molecule has 0 atom stereocenters. The molecule has 0 fully saturated rings. The Balaban J connectivity index is 2.69. The maximum atomic E-state index is 11.8. The zero-order valence-electron chi connectivity index (χ0n) is 12.5. The van der Waals surface area contributed by atoms with Crippen molar-refractivity contribution < 1.29 is 9.53 Å². The number of thiophene rings is 1. The molecule has 0 aliphatic heterocycles. The SMILES string of the molecule is COC(=O)c1sc(-c2c(C)cc(C)cc2C)c(C)c1N. The van der Waals surface area contributed by atoms with E-state index in [2.05, 4.69) is 32.9 Å². The van der Waals surface area contributed by atoms with E-state index in [0.29, 0.717) is 10.6 Å². The van der Waals surface area contributed by atoms with Gasteiger partial charge in [-0.3, -0.25) is 0 Å². The minimum Gasteiger partial charge on any atom is -0.465 e. The molecule has 0 spiro atoms. The fourth-order valence-electron chi connectivity index (χ4n) is 2.55. The van der Waals surface area contributed by atoms with Gasteiger partial charge in [0.15, 0.2) is 0 Å². The zero-order valence-corrected chi connectivity index (χ0v) is 13.3. The first-order valence-corrected chi connectivity index (χ1v) is 7.23. The van der Waals surface area contributed by atoms with Crippen molar-refractivity contribution in [2.75, 3.05) is 12.8 Å². The van der Waals surface area contributed by atoms with Gasteiger partial charge in [-0.25, -0.2) is 4.79 Å². The van der Waals surface area contributed by atoms with E-state index in [4.69, 9.17) is 10.5 Å². The van der Waals surface area contributed by atoms with Crippen molar-refractivity contribution in [3.8, 4) is 10.4 Å². The van der Waals surface area contributed by atoms with Crippen molar-refractivity contribution in [2.24, 2.45) is 0 Å². The summed E-state index contributed by atoms with van der Waals surface area (Å²) in [6.45, 7) is 8.21. The number of rotatable bonds is 2. The van der Waals surface area contributed by atoms with Crippen LogP contribution in [-0.2, 0) is 4.74 Å². The number of aryl methyl sites for hydroxylation is 3. The van der Waals surface area contributed by atoms with Crippen LogP contribution in [0.4, 0.5) is 5.69 Å². The molecule has 0 aliphatic rings. The van der Waals surface area contributed by atoms with Gasteiger partial charge in [0.2, 0.25) is 0 Å². The third-order valence-electron chi connectivity index (χ3n) is 3.47. The van der Waals surface area contributed by atoms with Gasteiger partial charge in [-0.15, -0.1) is 11.3 Å². The third kappa shape index (κ3) is 2.31. The van der Waals surface area contributed by atoms with Crippen LogP contribution in [0.15, 0.2) is 12.1 Å². The average molecular weight is 289 g/mol. The van der Waals surface area contributed by atoms with E-state index in [1.165, 1.54) is 40.7 Å². The van der Waals surface area contributed by atoms with Crippen molar-refractivity contribution in [2.45, 2.75) is 27.7 Å². The van der Waals surface area contributed by atoms with Crippen LogP contribution < -0.4 is 5.73 Å². The number of benzene rings is 1. The van der Waals surface area contributed by atoms with Crippen molar-refractivity contribution in [3.05, 3.63) is 39.3 Å². The molecule has 0 saturated heterocycles. The molecule has 2 aromatic rings. The molecule has 2 N–H and O–H groups in total. The minimum absolute atomic E-state index is 0.371. The zero-order chi connectivity index (χ0) is 15.0. The number of esters is 1. The Labute approximate surface area is 123 Å². The maximum absolute atomic E-state index is 11.8. The van der Waals surface area contributed by atoms with Gasteiger partial charge in [-0.1, -0.05) is 17.7 Å².